The molecule has 2 heterocycles. The minimum atomic E-state index is -3.68. The molecule has 4 atom stereocenters. The maximum atomic E-state index is 12.6. The van der Waals surface area contributed by atoms with Crippen LogP contribution < -0.4 is 4.72 Å². The third-order valence-corrected chi connectivity index (χ3v) is 5.85. The molecule has 2 N–H and O–H groups in total. The lowest BCUT2D eigenvalue weighted by Crippen LogP contribution is -2.44. The van der Waals surface area contributed by atoms with Crippen LogP contribution in [0.4, 0.5) is 0 Å². The molecule has 0 saturated carbocycles. The van der Waals surface area contributed by atoms with Crippen LogP contribution in [0.1, 0.15) is 0 Å². The highest BCUT2D eigenvalue weighted by atomic mass is 32.2. The summed E-state index contributed by atoms with van der Waals surface area (Å²) in [6, 6.07) is 12.1. The van der Waals surface area contributed by atoms with Gasteiger partial charge in [0.2, 0.25) is 10.0 Å². The Morgan fingerprint density at radius 2 is 1.74 bits per heavy atom. The van der Waals surface area contributed by atoms with Gasteiger partial charge in [0.1, 0.15) is 18.3 Å². The van der Waals surface area contributed by atoms with E-state index in [2.05, 4.69) is 4.72 Å². The van der Waals surface area contributed by atoms with Crippen molar-refractivity contribution in [2.45, 2.75) is 29.2 Å². The van der Waals surface area contributed by atoms with Gasteiger partial charge in [-0.3, -0.25) is 0 Å². The van der Waals surface area contributed by atoms with Gasteiger partial charge in [0, 0.05) is 0 Å². The fraction of sp³-hybridized carbons (Fsp3) is 0.375. The van der Waals surface area contributed by atoms with E-state index in [-0.39, 0.29) is 18.1 Å². The molecule has 23 heavy (non-hydrogen) atoms. The van der Waals surface area contributed by atoms with Crippen LogP contribution in [0.5, 0.6) is 0 Å². The van der Waals surface area contributed by atoms with Gasteiger partial charge in [-0.2, -0.15) is 0 Å². The normalized spacial score (nSPS) is 30.7. The van der Waals surface area contributed by atoms with Crippen LogP contribution in [0.2, 0.25) is 0 Å². The third-order valence-electron chi connectivity index (χ3n) is 4.37. The molecule has 0 unspecified atom stereocenters. The Morgan fingerprint density at radius 3 is 2.57 bits per heavy atom. The van der Waals surface area contributed by atoms with E-state index in [1.54, 1.807) is 18.2 Å². The Bertz CT molecular complexity index is 837. The van der Waals surface area contributed by atoms with E-state index in [1.807, 2.05) is 24.3 Å². The molecule has 2 saturated heterocycles. The lowest BCUT2D eigenvalue weighted by atomic mass is 10.1. The van der Waals surface area contributed by atoms with Gasteiger partial charge in [-0.25, -0.2) is 13.1 Å². The van der Waals surface area contributed by atoms with Crippen molar-refractivity contribution in [1.29, 1.82) is 0 Å². The molecule has 0 radical (unpaired) electrons. The second-order valence-corrected chi connectivity index (χ2v) is 7.61. The molecule has 4 rings (SSSR count). The molecule has 0 amide bonds. The van der Waals surface area contributed by atoms with Gasteiger partial charge in [0.25, 0.3) is 0 Å². The minimum Gasteiger partial charge on any atom is -0.388 e. The number of hydrogen-bond donors (Lipinski definition) is 2. The molecule has 0 aliphatic carbocycles. The number of sulfonamides is 1. The molecular weight excluding hydrogens is 318 g/mol. The van der Waals surface area contributed by atoms with Crippen molar-refractivity contribution in [3.63, 3.8) is 0 Å². The van der Waals surface area contributed by atoms with Crippen molar-refractivity contribution in [3.05, 3.63) is 42.5 Å². The zero-order chi connectivity index (χ0) is 16.0. The van der Waals surface area contributed by atoms with E-state index in [1.165, 1.54) is 0 Å². The van der Waals surface area contributed by atoms with Gasteiger partial charge >= 0.3 is 0 Å². The molecule has 0 bridgehead atoms. The first-order valence-electron chi connectivity index (χ1n) is 7.47. The summed E-state index contributed by atoms with van der Waals surface area (Å²) < 4.78 is 38.8. The molecule has 2 aromatic carbocycles. The maximum Gasteiger partial charge on any atom is 0.241 e. The molecule has 0 aromatic heterocycles. The van der Waals surface area contributed by atoms with Crippen LogP contribution in [0.3, 0.4) is 0 Å². The van der Waals surface area contributed by atoms with Crippen molar-refractivity contribution in [2.24, 2.45) is 0 Å². The number of rotatable bonds is 3. The standard InChI is InChI=1S/C16H17NO5S/c18-14-9-22-15-13(8-21-16(14)15)17-23(19,20)12-6-5-10-3-1-2-4-11(10)7-12/h1-7,13-18H,8-9H2/t13-,14+,15+,16+/m0/s1. The number of ether oxygens (including phenoxy) is 2. The van der Waals surface area contributed by atoms with Crippen molar-refractivity contribution < 1.29 is 23.0 Å². The average Bonchev–Trinajstić information content (AvgIpc) is 3.11. The van der Waals surface area contributed by atoms with E-state index in [9.17, 15) is 13.5 Å². The molecule has 2 aliphatic heterocycles. The molecule has 2 aromatic rings. The van der Waals surface area contributed by atoms with Gasteiger partial charge < -0.3 is 14.6 Å². The molecular formula is C16H17NO5S. The Balaban J connectivity index is 1.60. The number of aliphatic hydroxyl groups is 1. The molecule has 2 fully saturated rings. The maximum absolute atomic E-state index is 12.6. The lowest BCUT2D eigenvalue weighted by Gasteiger charge is -2.17. The first-order valence-corrected chi connectivity index (χ1v) is 8.95. The minimum absolute atomic E-state index is 0.170. The quantitative estimate of drug-likeness (QED) is 0.860. The van der Waals surface area contributed by atoms with E-state index >= 15 is 0 Å². The van der Waals surface area contributed by atoms with Gasteiger partial charge in [-0.05, 0) is 22.9 Å². The van der Waals surface area contributed by atoms with Crippen LogP contribution in [0.25, 0.3) is 10.8 Å². The van der Waals surface area contributed by atoms with Crippen LogP contribution in [0.15, 0.2) is 47.4 Å². The highest BCUT2D eigenvalue weighted by Gasteiger charge is 2.48. The summed E-state index contributed by atoms with van der Waals surface area (Å²) in [7, 11) is -3.68. The van der Waals surface area contributed by atoms with E-state index in [4.69, 9.17) is 9.47 Å². The predicted octanol–water partition coefficient (Wildman–Crippen LogP) is 0.645. The van der Waals surface area contributed by atoms with Crippen molar-refractivity contribution >= 4 is 20.8 Å². The van der Waals surface area contributed by atoms with Gasteiger partial charge in [-0.1, -0.05) is 30.3 Å². The molecule has 0 spiro atoms. The largest absolute Gasteiger partial charge is 0.388 e. The third kappa shape index (κ3) is 2.64. The second-order valence-electron chi connectivity index (χ2n) is 5.90. The Hall–Kier alpha value is -1.51. The summed E-state index contributed by atoms with van der Waals surface area (Å²) in [5.41, 5.74) is 0. The fourth-order valence-electron chi connectivity index (χ4n) is 3.18. The number of benzene rings is 2. The highest BCUT2D eigenvalue weighted by Crippen LogP contribution is 2.28. The van der Waals surface area contributed by atoms with Gasteiger partial charge in [-0.15, -0.1) is 0 Å². The number of aliphatic hydroxyl groups excluding tert-OH is 1. The first-order chi connectivity index (χ1) is 11.0. The topological polar surface area (TPSA) is 84.9 Å². The second kappa shape index (κ2) is 5.54. The Morgan fingerprint density at radius 1 is 1.00 bits per heavy atom. The monoisotopic (exact) mass is 335 g/mol. The molecule has 7 heteroatoms. The van der Waals surface area contributed by atoms with E-state index in [0.29, 0.717) is 0 Å². The number of nitrogens with one attached hydrogen (secondary N) is 1. The summed E-state index contributed by atoms with van der Waals surface area (Å²) >= 11 is 0. The lowest BCUT2D eigenvalue weighted by molar-refractivity contribution is 0.0181. The summed E-state index contributed by atoms with van der Waals surface area (Å²) in [6.45, 7) is 0.364. The molecule has 2 aliphatic rings. The van der Waals surface area contributed by atoms with Crippen molar-refractivity contribution in [2.75, 3.05) is 13.2 Å². The first kappa shape index (κ1) is 15.0. The summed E-state index contributed by atoms with van der Waals surface area (Å²) in [5.74, 6) is 0. The van der Waals surface area contributed by atoms with Crippen LogP contribution in [-0.2, 0) is 19.5 Å². The Labute approximate surface area is 134 Å². The van der Waals surface area contributed by atoms with E-state index < -0.39 is 34.4 Å². The fourth-order valence-corrected chi connectivity index (χ4v) is 4.45. The summed E-state index contributed by atoms with van der Waals surface area (Å²) in [5, 5.41) is 11.6. The van der Waals surface area contributed by atoms with Gasteiger partial charge in [0.15, 0.2) is 0 Å². The average molecular weight is 335 g/mol. The van der Waals surface area contributed by atoms with Crippen LogP contribution in [0, 0.1) is 0 Å². The molecule has 122 valence electrons. The van der Waals surface area contributed by atoms with Crippen molar-refractivity contribution in [1.82, 2.24) is 4.72 Å². The molecule has 6 nitrogen and oxygen atoms in total. The number of hydrogen-bond acceptors (Lipinski definition) is 5. The van der Waals surface area contributed by atoms with Crippen LogP contribution >= 0.6 is 0 Å². The highest BCUT2D eigenvalue weighted by molar-refractivity contribution is 7.89. The smallest absolute Gasteiger partial charge is 0.241 e. The van der Waals surface area contributed by atoms with Crippen molar-refractivity contribution in [3.8, 4) is 0 Å². The SMILES string of the molecule is O=S(=O)(N[C@H]1CO[C@H]2[C@@H]1OC[C@H]2O)c1ccc2ccccc2c1. The van der Waals surface area contributed by atoms with E-state index in [0.717, 1.165) is 10.8 Å². The zero-order valence-corrected chi connectivity index (χ0v) is 13.1. The summed E-state index contributed by atoms with van der Waals surface area (Å²) in [4.78, 5) is 0.207. The predicted molar refractivity (Wildman–Crippen MR) is 83.5 cm³/mol. The van der Waals surface area contributed by atoms with Crippen LogP contribution in [-0.4, -0.2) is 51.1 Å². The summed E-state index contributed by atoms with van der Waals surface area (Å²) in [6.07, 6.45) is -1.60. The Kier molecular flexibility index (Phi) is 3.62. The zero-order valence-electron chi connectivity index (χ0n) is 12.3. The number of fused-ring (bicyclic) bond motifs is 2. The van der Waals surface area contributed by atoms with Gasteiger partial charge in [0.05, 0.1) is 24.2 Å².